The number of pyridine rings is 1. The second-order valence-corrected chi connectivity index (χ2v) is 13.7. The van der Waals surface area contributed by atoms with Gasteiger partial charge in [-0.25, -0.2) is 14.0 Å². The standard InChI is InChI=1S/C38H38Cl2FN3O7/c1-49-32-11-8-24(16-33(32)50-2)28(17-29-30(39)19-44(48)20-31(29)40)35-25(4-3-5-27(35)37(45)46)18-42-36(23-6-9-26(41)10-7-23)38(47)51-34-21-43-14-12-22(34)13-15-43/h3-11,16,19-20,22,28,34,36,42H,12-15,17-18,21H2,1-2H3,(H-,45,46,48)/p+1/t28-,34-,36?/m0/s1. The molecule has 3 N–H and O–H groups in total. The molecule has 3 fully saturated rings. The Morgan fingerprint density at radius 1 is 0.980 bits per heavy atom. The molecule has 3 aliphatic rings. The highest BCUT2D eigenvalue weighted by atomic mass is 35.5. The summed E-state index contributed by atoms with van der Waals surface area (Å²) >= 11 is 13.2. The molecule has 268 valence electrons. The van der Waals surface area contributed by atoms with Gasteiger partial charge >= 0.3 is 11.9 Å². The normalized spacial score (nSPS) is 19.3. The largest absolute Gasteiger partial charge is 0.493 e. The minimum atomic E-state index is -1.16. The highest BCUT2D eigenvalue weighted by Gasteiger charge is 2.38. The smallest absolute Gasteiger partial charge is 0.335 e. The summed E-state index contributed by atoms with van der Waals surface area (Å²) in [5.74, 6) is -1.57. The molecule has 4 heterocycles. The van der Waals surface area contributed by atoms with Crippen LogP contribution in [0.5, 0.6) is 11.5 Å². The summed E-state index contributed by atoms with van der Waals surface area (Å²) in [6.07, 6.45) is 4.41. The summed E-state index contributed by atoms with van der Waals surface area (Å²) in [6.45, 7) is 2.69. The van der Waals surface area contributed by atoms with Crippen molar-refractivity contribution >= 4 is 35.1 Å². The SMILES string of the molecule is COc1ccc([C@H](Cc2c(Cl)c[n+](O)cc2Cl)c2c(CNC(C(=O)O[C@H]3CN4CCC3CC4)c3ccc(F)cc3)cccc2C(=O)O)cc1OC. The van der Waals surface area contributed by atoms with Gasteiger partial charge in [0.25, 0.3) is 0 Å². The lowest BCUT2D eigenvalue weighted by Crippen LogP contribution is -2.52. The van der Waals surface area contributed by atoms with Gasteiger partial charge in [-0.1, -0.05) is 53.5 Å². The Morgan fingerprint density at radius 3 is 2.25 bits per heavy atom. The van der Waals surface area contributed by atoms with E-state index in [9.17, 15) is 24.3 Å². The molecule has 4 aromatic rings. The van der Waals surface area contributed by atoms with E-state index in [1.165, 1.54) is 44.8 Å². The molecule has 0 saturated carbocycles. The van der Waals surface area contributed by atoms with E-state index in [4.69, 9.17) is 37.4 Å². The molecular weight excluding hydrogens is 700 g/mol. The first kappa shape index (κ1) is 36.4. The number of hydrogen-bond acceptors (Lipinski definition) is 8. The fraction of sp³-hybridized carbons (Fsp3) is 0.342. The van der Waals surface area contributed by atoms with Crippen molar-refractivity contribution in [2.75, 3.05) is 33.9 Å². The predicted octanol–water partition coefficient (Wildman–Crippen LogP) is 6.22. The number of carbonyl (C=O) groups excluding carboxylic acids is 1. The van der Waals surface area contributed by atoms with Crippen molar-refractivity contribution in [1.82, 2.24) is 10.2 Å². The number of aromatic carboxylic acids is 1. The predicted molar refractivity (Wildman–Crippen MR) is 187 cm³/mol. The van der Waals surface area contributed by atoms with Crippen LogP contribution < -0.4 is 19.5 Å². The van der Waals surface area contributed by atoms with Gasteiger partial charge in [0.2, 0.25) is 12.4 Å². The van der Waals surface area contributed by atoms with Crippen LogP contribution in [0.15, 0.2) is 73.1 Å². The third-order valence-corrected chi connectivity index (χ3v) is 10.5. The Hall–Kier alpha value is -4.42. The maximum absolute atomic E-state index is 14.0. The number of carboxylic acid groups (broad SMARTS) is 1. The van der Waals surface area contributed by atoms with E-state index in [1.54, 1.807) is 36.4 Å². The Kier molecular flexibility index (Phi) is 11.3. The first-order chi connectivity index (χ1) is 24.6. The minimum absolute atomic E-state index is 0.0303. The molecular formula is C38H39Cl2FN3O7+. The van der Waals surface area contributed by atoms with Gasteiger partial charge in [-0.05, 0) is 90.9 Å². The van der Waals surface area contributed by atoms with Gasteiger partial charge in [0.05, 0.1) is 19.8 Å². The third-order valence-electron chi connectivity index (χ3n) is 9.86. The van der Waals surface area contributed by atoms with E-state index in [2.05, 4.69) is 10.2 Å². The summed E-state index contributed by atoms with van der Waals surface area (Å²) in [5.41, 5.74) is 2.72. The zero-order chi connectivity index (χ0) is 36.2. The molecule has 0 aliphatic carbocycles. The number of rotatable bonds is 13. The quantitative estimate of drug-likeness (QED) is 0.0835. The molecule has 7 rings (SSSR count). The molecule has 3 atom stereocenters. The van der Waals surface area contributed by atoms with E-state index in [-0.39, 0.29) is 40.6 Å². The first-order valence-electron chi connectivity index (χ1n) is 16.6. The second-order valence-electron chi connectivity index (χ2n) is 12.8. The van der Waals surface area contributed by atoms with Crippen molar-refractivity contribution in [3.63, 3.8) is 0 Å². The minimum Gasteiger partial charge on any atom is -0.493 e. The number of nitrogens with one attached hydrogen (secondary N) is 1. The number of halogens is 3. The number of benzene rings is 3. The summed E-state index contributed by atoms with van der Waals surface area (Å²) in [6, 6.07) is 14.9. The maximum Gasteiger partial charge on any atom is 0.335 e. The molecule has 3 aliphatic heterocycles. The molecule has 0 radical (unpaired) electrons. The summed E-state index contributed by atoms with van der Waals surface area (Å²) in [7, 11) is 3.03. The van der Waals surface area contributed by atoms with Gasteiger partial charge < -0.3 is 19.3 Å². The third kappa shape index (κ3) is 8.07. The van der Waals surface area contributed by atoms with E-state index >= 15 is 0 Å². The van der Waals surface area contributed by atoms with Gasteiger partial charge in [0.15, 0.2) is 11.5 Å². The number of aromatic nitrogens is 1. The highest BCUT2D eigenvalue weighted by molar-refractivity contribution is 6.35. The van der Waals surface area contributed by atoms with Crippen molar-refractivity contribution in [3.05, 3.63) is 122 Å². The van der Waals surface area contributed by atoms with Gasteiger partial charge in [-0.2, -0.15) is 0 Å². The zero-order valence-corrected chi connectivity index (χ0v) is 29.7. The molecule has 1 unspecified atom stereocenters. The molecule has 3 saturated heterocycles. The summed E-state index contributed by atoms with van der Waals surface area (Å²) in [4.78, 5) is 29.1. The van der Waals surface area contributed by atoms with Crippen molar-refractivity contribution < 1.29 is 43.2 Å². The molecule has 3 aromatic carbocycles. The molecule has 0 spiro atoms. The lowest BCUT2D eigenvalue weighted by molar-refractivity contribution is -0.904. The van der Waals surface area contributed by atoms with Crippen LogP contribution in [0.2, 0.25) is 10.0 Å². The molecule has 0 amide bonds. The van der Waals surface area contributed by atoms with Gasteiger partial charge in [-0.15, -0.1) is 0 Å². The molecule has 1 aromatic heterocycles. The number of carboxylic acids is 1. The Balaban J connectivity index is 1.41. The van der Waals surface area contributed by atoms with Crippen molar-refractivity contribution in [3.8, 4) is 11.5 Å². The summed E-state index contributed by atoms with van der Waals surface area (Å²) < 4.78 is 32.0. The van der Waals surface area contributed by atoms with Crippen LogP contribution in [0, 0.1) is 11.7 Å². The Bertz CT molecular complexity index is 1880. The van der Waals surface area contributed by atoms with Crippen molar-refractivity contribution in [1.29, 1.82) is 0 Å². The van der Waals surface area contributed by atoms with Gasteiger partial charge in [0.1, 0.15) is 28.0 Å². The van der Waals surface area contributed by atoms with E-state index in [0.29, 0.717) is 45.9 Å². The average molecular weight is 740 g/mol. The van der Waals surface area contributed by atoms with Crippen LogP contribution in [0.4, 0.5) is 4.39 Å². The number of piperidine rings is 3. The number of esters is 1. The van der Waals surface area contributed by atoms with E-state index < -0.39 is 29.7 Å². The number of ether oxygens (including phenoxy) is 3. The second kappa shape index (κ2) is 15.9. The maximum atomic E-state index is 14.0. The first-order valence-corrected chi connectivity index (χ1v) is 17.4. The molecule has 10 nitrogen and oxygen atoms in total. The monoisotopic (exact) mass is 738 g/mol. The van der Waals surface area contributed by atoms with Crippen LogP contribution >= 0.6 is 23.2 Å². The molecule has 2 bridgehead atoms. The van der Waals surface area contributed by atoms with Crippen LogP contribution in [-0.2, 0) is 22.5 Å². The van der Waals surface area contributed by atoms with E-state index in [1.807, 2.05) is 6.07 Å². The van der Waals surface area contributed by atoms with Crippen LogP contribution in [0.3, 0.4) is 0 Å². The highest BCUT2D eigenvalue weighted by Crippen LogP contribution is 2.40. The van der Waals surface area contributed by atoms with Crippen molar-refractivity contribution in [2.45, 2.75) is 43.9 Å². The average Bonchev–Trinajstić information content (AvgIpc) is 3.12. The lowest BCUT2D eigenvalue weighted by atomic mass is 9.80. The Labute approximate surface area is 305 Å². The topological polar surface area (TPSA) is 121 Å². The molecule has 13 heteroatoms. The molecule has 51 heavy (non-hydrogen) atoms. The number of nitrogens with zero attached hydrogens (tertiary/aromatic N) is 2. The fourth-order valence-electron chi connectivity index (χ4n) is 7.23. The lowest BCUT2D eigenvalue weighted by Gasteiger charge is -2.44. The number of fused-ring (bicyclic) bond motifs is 3. The van der Waals surface area contributed by atoms with E-state index in [0.717, 1.165) is 30.7 Å². The van der Waals surface area contributed by atoms with Gasteiger partial charge in [0, 0.05) is 29.3 Å². The van der Waals surface area contributed by atoms with Crippen LogP contribution in [-0.4, -0.2) is 67.1 Å². The zero-order valence-electron chi connectivity index (χ0n) is 28.2. The number of methoxy groups -OCH3 is 2. The van der Waals surface area contributed by atoms with Gasteiger partial charge in [-0.3, -0.25) is 15.4 Å². The number of carbonyl (C=O) groups is 2. The van der Waals surface area contributed by atoms with Crippen LogP contribution in [0.25, 0.3) is 0 Å². The Morgan fingerprint density at radius 2 is 1.65 bits per heavy atom. The fourth-order valence-corrected chi connectivity index (χ4v) is 7.83. The van der Waals surface area contributed by atoms with Crippen molar-refractivity contribution in [2.24, 2.45) is 5.92 Å². The number of hydrogen-bond donors (Lipinski definition) is 3. The van der Waals surface area contributed by atoms with Crippen LogP contribution in [0.1, 0.15) is 63.0 Å². The summed E-state index contributed by atoms with van der Waals surface area (Å²) in [5, 5.41) is 24.2.